The minimum atomic E-state index is -5.23. The molecule has 0 bridgehead atoms. The Hall–Kier alpha value is -5.86. The summed E-state index contributed by atoms with van der Waals surface area (Å²) in [5, 5.41) is 0.682. The van der Waals surface area contributed by atoms with Crippen molar-refractivity contribution in [2.45, 2.75) is 34.0 Å². The Labute approximate surface area is 364 Å². The van der Waals surface area contributed by atoms with E-state index < -0.39 is 40.7 Å². The number of carbonyl (C=O) groups excluding carboxylic acids is 3. The third-order valence-corrected chi connectivity index (χ3v) is 9.03. The molecular weight excluding hydrogens is 823 g/mol. The number of methoxy groups -OCH3 is 3. The normalized spacial score (nSPS) is 11.2. The monoisotopic (exact) mass is 860 g/mol. The fraction of sp³-hybridized carbons (Fsp3) is 0.275. The molecule has 0 N–H and O–H groups in total. The van der Waals surface area contributed by atoms with E-state index in [1.165, 1.54) is 45.6 Å². The summed E-state index contributed by atoms with van der Waals surface area (Å²) in [6, 6.07) is 8.37. The average molecular weight is 861 g/mol. The fourth-order valence-electron chi connectivity index (χ4n) is 6.22. The largest absolute Gasteiger partial charge is 1.00 e. The maximum Gasteiger partial charge on any atom is 1.00 e. The molecule has 0 aliphatic rings. The number of aryl methyl sites for hydroxylation is 1. The van der Waals surface area contributed by atoms with Crippen LogP contribution < -0.4 is 57.4 Å². The number of rotatable bonds is 18. The second kappa shape index (κ2) is 19.0. The van der Waals surface area contributed by atoms with Gasteiger partial charge >= 0.3 is 47.5 Å². The van der Waals surface area contributed by atoms with E-state index >= 15 is 0 Å². The Balaban J connectivity index is 0.00000683. The third kappa shape index (κ3) is 9.29. The Morgan fingerprint density at radius 2 is 1.03 bits per heavy atom. The number of ether oxygens (including phenoxy) is 8. The molecule has 0 saturated carbocycles. The van der Waals surface area contributed by atoms with E-state index in [2.05, 4.69) is 10.8 Å². The van der Waals surface area contributed by atoms with Gasteiger partial charge in [0.15, 0.2) is 46.0 Å². The van der Waals surface area contributed by atoms with Crippen LogP contribution in [0.1, 0.15) is 62.2 Å². The van der Waals surface area contributed by atoms with E-state index in [1.807, 2.05) is 0 Å². The Morgan fingerprint density at radius 1 is 0.633 bits per heavy atom. The van der Waals surface area contributed by atoms with Crippen LogP contribution in [-0.2, 0) is 37.8 Å². The van der Waals surface area contributed by atoms with E-state index in [-0.39, 0.29) is 135 Å². The van der Waals surface area contributed by atoms with Crippen LogP contribution in [0.5, 0.6) is 34.5 Å². The van der Waals surface area contributed by atoms with Crippen molar-refractivity contribution in [2.24, 2.45) is 0 Å². The summed E-state index contributed by atoms with van der Waals surface area (Å²) in [5.41, 5.74) is 0.639. The minimum absolute atomic E-state index is 0. The number of carbonyl (C=O) groups is 3. The molecule has 0 aliphatic heterocycles. The number of benzene rings is 3. The van der Waals surface area contributed by atoms with Crippen LogP contribution in [0.3, 0.4) is 0 Å². The van der Waals surface area contributed by atoms with Gasteiger partial charge in [-0.25, -0.2) is 22.8 Å². The second-order valence-corrected chi connectivity index (χ2v) is 13.2. The number of esters is 3. The summed E-state index contributed by atoms with van der Waals surface area (Å²) in [5.74, 6) is -1.89. The summed E-state index contributed by atoms with van der Waals surface area (Å²) in [7, 11) is -1.22. The first-order valence-electron chi connectivity index (χ1n) is 17.7. The summed E-state index contributed by atoms with van der Waals surface area (Å²) < 4.78 is 101. The third-order valence-electron chi connectivity index (χ3n) is 8.65. The molecular formula is C40H37NaO18S. The molecule has 0 radical (unpaired) electrons. The topological polar surface area (TPSA) is 231 Å². The molecule has 6 aromatic rings. The number of hydrogen-bond acceptors (Lipinski definition) is 18. The second-order valence-electron chi connectivity index (χ2n) is 12.2. The Bertz CT molecular complexity index is 2710. The van der Waals surface area contributed by atoms with Gasteiger partial charge < -0.3 is 59.9 Å². The number of hydrogen-bond donors (Lipinski definition) is 0. The quantitative estimate of drug-likeness (QED) is 0.0297. The SMILES string of the molecule is C=CCOC(=O)c1c(C)oc2cc(OC)c(OCc3oc4cc(OC)c(OCc5oc6cc(OC)c(OS(=O)(=O)[O-])cc6c5C(=O)OCC)cc4c3C(=O)OCC)cc12.[Na+]. The van der Waals surface area contributed by atoms with Crippen LogP contribution in [0.2, 0.25) is 0 Å². The minimum Gasteiger partial charge on any atom is -0.716 e. The van der Waals surface area contributed by atoms with Crippen LogP contribution in [0.15, 0.2) is 62.3 Å². The van der Waals surface area contributed by atoms with Crippen LogP contribution >= 0.6 is 0 Å². The molecule has 0 aliphatic carbocycles. The molecule has 0 fully saturated rings. The van der Waals surface area contributed by atoms with Crippen LogP contribution in [-0.4, -0.2) is 72.0 Å². The standard InChI is InChI=1S/C40H38O18S.Na/c1-8-11-52-38(41)35-20(4)55-24-15-27(47-5)30(12-21(24)35)53-18-33-36(39(42)50-9-2)22-13-31(28(48-6)16-25(22)56-33)54-19-34-37(40(43)51-10-3)23-14-32(58-59(44,45)46)29(49-7)17-26(23)57-34;/h8,12-17H,1,9-11,18-19H2,2-7H3,(H,44,45,46);/q;+1/p-1. The van der Waals surface area contributed by atoms with Crippen molar-refractivity contribution in [3.05, 3.63) is 83.0 Å². The van der Waals surface area contributed by atoms with Crippen molar-refractivity contribution >= 4 is 61.2 Å². The molecule has 0 spiro atoms. The number of fused-ring (bicyclic) bond motifs is 3. The maximum atomic E-state index is 13.5. The summed E-state index contributed by atoms with van der Waals surface area (Å²) in [4.78, 5) is 39.6. The van der Waals surface area contributed by atoms with E-state index in [1.54, 1.807) is 32.9 Å². The van der Waals surface area contributed by atoms with Crippen molar-refractivity contribution in [1.29, 1.82) is 0 Å². The number of furan rings is 3. The van der Waals surface area contributed by atoms with Gasteiger partial charge in [0.2, 0.25) is 0 Å². The molecule has 0 amide bonds. The summed E-state index contributed by atoms with van der Waals surface area (Å²) >= 11 is 0. The van der Waals surface area contributed by atoms with E-state index in [4.69, 9.17) is 51.1 Å². The van der Waals surface area contributed by atoms with Crippen LogP contribution in [0.25, 0.3) is 32.9 Å². The molecule has 3 aromatic carbocycles. The average Bonchev–Trinajstić information content (AvgIpc) is 3.85. The molecule has 6 rings (SSSR count). The molecule has 0 atom stereocenters. The van der Waals surface area contributed by atoms with Crippen molar-refractivity contribution in [2.75, 3.05) is 41.2 Å². The molecule has 18 nitrogen and oxygen atoms in total. The van der Waals surface area contributed by atoms with Crippen LogP contribution in [0, 0.1) is 6.92 Å². The van der Waals surface area contributed by atoms with Gasteiger partial charge in [0.1, 0.15) is 59.0 Å². The zero-order chi connectivity index (χ0) is 42.6. The molecule has 3 aromatic heterocycles. The van der Waals surface area contributed by atoms with Gasteiger partial charge in [-0.2, -0.15) is 0 Å². The predicted molar refractivity (Wildman–Crippen MR) is 204 cm³/mol. The van der Waals surface area contributed by atoms with Crippen molar-refractivity contribution in [1.82, 2.24) is 0 Å². The Morgan fingerprint density at radius 3 is 1.45 bits per heavy atom. The maximum absolute atomic E-state index is 13.5. The Kier molecular flexibility index (Phi) is 14.3. The van der Waals surface area contributed by atoms with E-state index in [0.29, 0.717) is 16.7 Å². The van der Waals surface area contributed by atoms with Crippen LogP contribution in [0.4, 0.5) is 0 Å². The summed E-state index contributed by atoms with van der Waals surface area (Å²) in [6.45, 7) is 7.66. The van der Waals surface area contributed by atoms with Gasteiger partial charge in [0, 0.05) is 34.4 Å². The van der Waals surface area contributed by atoms with Crippen molar-refractivity contribution in [3.63, 3.8) is 0 Å². The van der Waals surface area contributed by atoms with Gasteiger partial charge in [0.05, 0.1) is 34.5 Å². The smallest absolute Gasteiger partial charge is 0.716 e. The van der Waals surface area contributed by atoms with Gasteiger partial charge in [0.25, 0.3) is 10.4 Å². The molecule has 312 valence electrons. The molecule has 20 heteroatoms. The van der Waals surface area contributed by atoms with Gasteiger partial charge in [-0.15, -0.1) is 0 Å². The first-order chi connectivity index (χ1) is 28.2. The van der Waals surface area contributed by atoms with E-state index in [0.717, 1.165) is 6.07 Å². The first-order valence-corrected chi connectivity index (χ1v) is 19.0. The molecule has 0 saturated heterocycles. The van der Waals surface area contributed by atoms with Crippen molar-refractivity contribution in [3.8, 4) is 34.5 Å². The van der Waals surface area contributed by atoms with E-state index in [9.17, 15) is 27.4 Å². The molecule has 3 heterocycles. The summed E-state index contributed by atoms with van der Waals surface area (Å²) in [6.07, 6.45) is 1.44. The predicted octanol–water partition coefficient (Wildman–Crippen LogP) is 3.96. The molecule has 0 unspecified atom stereocenters. The van der Waals surface area contributed by atoms with Gasteiger partial charge in [-0.1, -0.05) is 12.7 Å². The zero-order valence-electron chi connectivity index (χ0n) is 33.5. The zero-order valence-corrected chi connectivity index (χ0v) is 36.4. The van der Waals surface area contributed by atoms with Gasteiger partial charge in [-0.05, 0) is 39.0 Å². The molecule has 60 heavy (non-hydrogen) atoms. The van der Waals surface area contributed by atoms with Crippen molar-refractivity contribution < 1.29 is 112 Å². The fourth-order valence-corrected chi connectivity index (χ4v) is 6.57. The van der Waals surface area contributed by atoms with Gasteiger partial charge in [-0.3, -0.25) is 0 Å². The first kappa shape index (κ1) is 45.2.